The minimum atomic E-state index is 0.205. The molecule has 0 amide bonds. The van der Waals surface area contributed by atoms with Gasteiger partial charge in [0.1, 0.15) is 0 Å². The Morgan fingerprint density at radius 2 is 1.76 bits per heavy atom. The van der Waals surface area contributed by atoms with Gasteiger partial charge in [0, 0.05) is 25.4 Å². The summed E-state index contributed by atoms with van der Waals surface area (Å²) in [5, 5.41) is 3.43. The van der Waals surface area contributed by atoms with E-state index in [9.17, 15) is 0 Å². The molecule has 0 radical (unpaired) electrons. The molecule has 0 saturated heterocycles. The molecule has 1 N–H and O–H groups in total. The molecule has 0 aliphatic rings. The van der Waals surface area contributed by atoms with Crippen molar-refractivity contribution in [1.29, 1.82) is 0 Å². The number of rotatable bonds is 6. The summed E-state index contributed by atoms with van der Waals surface area (Å²) in [6, 6.07) is 8.87. The predicted molar refractivity (Wildman–Crippen MR) is 73.4 cm³/mol. The van der Waals surface area contributed by atoms with Crippen LogP contribution in [0.2, 0.25) is 0 Å². The molecule has 1 aromatic rings. The lowest BCUT2D eigenvalue weighted by Gasteiger charge is -2.21. The average molecular weight is 236 g/mol. The third-order valence-corrected chi connectivity index (χ3v) is 2.92. The highest BCUT2D eigenvalue weighted by Crippen LogP contribution is 2.13. The molecule has 17 heavy (non-hydrogen) atoms. The third kappa shape index (κ3) is 4.75. The normalized spacial score (nSPS) is 14.7. The van der Waals surface area contributed by atoms with Crippen LogP contribution in [0.15, 0.2) is 24.3 Å². The fourth-order valence-corrected chi connectivity index (χ4v) is 1.66. The molecule has 0 aliphatic carbocycles. The van der Waals surface area contributed by atoms with Crippen molar-refractivity contribution in [3.63, 3.8) is 0 Å². The van der Waals surface area contributed by atoms with E-state index >= 15 is 0 Å². The first-order valence-electron chi connectivity index (χ1n) is 6.06. The standard InChI is InChI=1S/C14H24N2O/c1-11(12(2)17-5)15-14-8-6-13(7-9-14)10-16(3)4/h6-9,11-12,15H,10H2,1-5H3. The van der Waals surface area contributed by atoms with Gasteiger partial charge in [-0.2, -0.15) is 0 Å². The molecular formula is C14H24N2O. The maximum absolute atomic E-state index is 5.29. The highest BCUT2D eigenvalue weighted by molar-refractivity contribution is 5.45. The summed E-state index contributed by atoms with van der Waals surface area (Å²) >= 11 is 0. The van der Waals surface area contributed by atoms with Crippen molar-refractivity contribution in [3.05, 3.63) is 29.8 Å². The molecule has 1 aromatic carbocycles. The number of ether oxygens (including phenoxy) is 1. The minimum Gasteiger partial charge on any atom is -0.380 e. The molecule has 2 atom stereocenters. The van der Waals surface area contributed by atoms with Gasteiger partial charge in [0.25, 0.3) is 0 Å². The molecule has 3 heteroatoms. The van der Waals surface area contributed by atoms with Crippen LogP contribution in [0, 0.1) is 0 Å². The van der Waals surface area contributed by atoms with Gasteiger partial charge < -0.3 is 15.0 Å². The van der Waals surface area contributed by atoms with Crippen LogP contribution >= 0.6 is 0 Å². The highest BCUT2D eigenvalue weighted by Gasteiger charge is 2.10. The number of methoxy groups -OCH3 is 1. The summed E-state index contributed by atoms with van der Waals surface area (Å²) in [6.45, 7) is 5.17. The molecule has 2 unspecified atom stereocenters. The lowest BCUT2D eigenvalue weighted by molar-refractivity contribution is 0.106. The second-order valence-corrected chi connectivity index (χ2v) is 4.81. The summed E-state index contributed by atoms with van der Waals surface area (Å²) in [5.74, 6) is 0. The Bertz CT molecular complexity index is 321. The Labute approximate surface area is 105 Å². The average Bonchev–Trinajstić information content (AvgIpc) is 2.30. The number of hydrogen-bond acceptors (Lipinski definition) is 3. The van der Waals surface area contributed by atoms with E-state index in [0.29, 0.717) is 6.04 Å². The van der Waals surface area contributed by atoms with Crippen molar-refractivity contribution in [3.8, 4) is 0 Å². The van der Waals surface area contributed by atoms with Crippen LogP contribution in [0.4, 0.5) is 5.69 Å². The lowest BCUT2D eigenvalue weighted by atomic mass is 10.1. The van der Waals surface area contributed by atoms with Crippen LogP contribution in [0.5, 0.6) is 0 Å². The monoisotopic (exact) mass is 236 g/mol. The molecule has 0 spiro atoms. The van der Waals surface area contributed by atoms with Crippen molar-refractivity contribution in [2.24, 2.45) is 0 Å². The molecule has 0 fully saturated rings. The van der Waals surface area contributed by atoms with Crippen molar-refractivity contribution in [1.82, 2.24) is 4.90 Å². The molecule has 0 aliphatic heterocycles. The van der Waals surface area contributed by atoms with E-state index in [1.807, 2.05) is 0 Å². The van der Waals surface area contributed by atoms with Crippen molar-refractivity contribution >= 4 is 5.69 Å². The van der Waals surface area contributed by atoms with Crippen LogP contribution < -0.4 is 5.32 Å². The van der Waals surface area contributed by atoms with Gasteiger partial charge in [0.2, 0.25) is 0 Å². The van der Waals surface area contributed by atoms with Crippen LogP contribution in [0.1, 0.15) is 19.4 Å². The second kappa shape index (κ2) is 6.62. The minimum absolute atomic E-state index is 0.205. The van der Waals surface area contributed by atoms with E-state index in [4.69, 9.17) is 4.74 Å². The topological polar surface area (TPSA) is 24.5 Å². The highest BCUT2D eigenvalue weighted by atomic mass is 16.5. The Morgan fingerprint density at radius 3 is 2.24 bits per heavy atom. The number of nitrogens with one attached hydrogen (secondary N) is 1. The van der Waals surface area contributed by atoms with Crippen LogP contribution in [-0.4, -0.2) is 38.3 Å². The van der Waals surface area contributed by atoms with Crippen molar-refractivity contribution in [2.75, 3.05) is 26.5 Å². The summed E-state index contributed by atoms with van der Waals surface area (Å²) in [6.07, 6.45) is 0.205. The number of hydrogen-bond donors (Lipinski definition) is 1. The largest absolute Gasteiger partial charge is 0.380 e. The molecule has 96 valence electrons. The van der Waals surface area contributed by atoms with Crippen molar-refractivity contribution in [2.45, 2.75) is 32.5 Å². The molecule has 0 heterocycles. The zero-order chi connectivity index (χ0) is 12.8. The Morgan fingerprint density at radius 1 is 1.18 bits per heavy atom. The molecule has 3 nitrogen and oxygen atoms in total. The van der Waals surface area contributed by atoms with Crippen LogP contribution in [0.25, 0.3) is 0 Å². The first kappa shape index (κ1) is 14.0. The Balaban J connectivity index is 2.56. The first-order chi connectivity index (χ1) is 8.02. The molecule has 0 aromatic heterocycles. The predicted octanol–water partition coefficient (Wildman–Crippen LogP) is 2.58. The summed E-state index contributed by atoms with van der Waals surface area (Å²) in [7, 11) is 5.89. The van der Waals surface area contributed by atoms with Gasteiger partial charge in [-0.05, 0) is 45.6 Å². The Kier molecular flexibility index (Phi) is 5.45. The van der Waals surface area contributed by atoms with E-state index in [1.54, 1.807) is 7.11 Å². The molecular weight excluding hydrogens is 212 g/mol. The van der Waals surface area contributed by atoms with E-state index in [-0.39, 0.29) is 6.10 Å². The quantitative estimate of drug-likeness (QED) is 0.821. The first-order valence-corrected chi connectivity index (χ1v) is 6.06. The van der Waals surface area contributed by atoms with E-state index in [0.717, 1.165) is 12.2 Å². The van der Waals surface area contributed by atoms with Crippen molar-refractivity contribution < 1.29 is 4.74 Å². The van der Waals surface area contributed by atoms with Crippen LogP contribution in [0.3, 0.4) is 0 Å². The molecule has 1 rings (SSSR count). The van der Waals surface area contributed by atoms with Gasteiger partial charge in [-0.1, -0.05) is 12.1 Å². The second-order valence-electron chi connectivity index (χ2n) is 4.81. The summed E-state index contributed by atoms with van der Waals surface area (Å²) < 4.78 is 5.29. The fourth-order valence-electron chi connectivity index (χ4n) is 1.66. The zero-order valence-electron chi connectivity index (χ0n) is 11.5. The number of benzene rings is 1. The molecule has 0 saturated carbocycles. The van der Waals surface area contributed by atoms with Crippen LogP contribution in [-0.2, 0) is 11.3 Å². The van der Waals surface area contributed by atoms with Gasteiger partial charge in [-0.15, -0.1) is 0 Å². The SMILES string of the molecule is COC(C)C(C)Nc1ccc(CN(C)C)cc1. The van der Waals surface area contributed by atoms with Gasteiger partial charge >= 0.3 is 0 Å². The maximum atomic E-state index is 5.29. The summed E-state index contributed by atoms with van der Waals surface area (Å²) in [5.41, 5.74) is 2.47. The molecule has 0 bridgehead atoms. The van der Waals surface area contributed by atoms with Gasteiger partial charge in [-0.3, -0.25) is 0 Å². The van der Waals surface area contributed by atoms with E-state index in [2.05, 4.69) is 62.4 Å². The summed E-state index contributed by atoms with van der Waals surface area (Å²) in [4.78, 5) is 2.16. The van der Waals surface area contributed by atoms with E-state index < -0.39 is 0 Å². The third-order valence-electron chi connectivity index (χ3n) is 2.92. The number of anilines is 1. The zero-order valence-corrected chi connectivity index (χ0v) is 11.5. The smallest absolute Gasteiger partial charge is 0.0741 e. The van der Waals surface area contributed by atoms with Gasteiger partial charge in [0.05, 0.1) is 6.10 Å². The fraction of sp³-hybridized carbons (Fsp3) is 0.571. The number of nitrogens with zero attached hydrogens (tertiary/aromatic N) is 1. The lowest BCUT2D eigenvalue weighted by Crippen LogP contribution is -2.29. The Hall–Kier alpha value is -1.06. The maximum Gasteiger partial charge on any atom is 0.0741 e. The van der Waals surface area contributed by atoms with Gasteiger partial charge in [0.15, 0.2) is 0 Å². The van der Waals surface area contributed by atoms with Gasteiger partial charge in [-0.25, -0.2) is 0 Å². The van der Waals surface area contributed by atoms with E-state index in [1.165, 1.54) is 5.56 Å².